The van der Waals surface area contributed by atoms with E-state index < -0.39 is 41.4 Å². The molecule has 2 aliphatic rings. The van der Waals surface area contributed by atoms with Crippen molar-refractivity contribution in [1.29, 1.82) is 0 Å². The molecule has 1 amide bonds. The number of rotatable bonds is 5. The number of halogens is 2. The van der Waals surface area contributed by atoms with Crippen molar-refractivity contribution < 1.29 is 32.6 Å². The van der Waals surface area contributed by atoms with E-state index in [1.807, 2.05) is 13.8 Å². The van der Waals surface area contributed by atoms with Gasteiger partial charge in [-0.15, -0.1) is 0 Å². The summed E-state index contributed by atoms with van der Waals surface area (Å²) in [6.45, 7) is 12.5. The first-order chi connectivity index (χ1) is 19.0. The molecule has 2 aliphatic heterocycles. The number of carbonyl (C=O) groups is 2. The zero-order valence-electron chi connectivity index (χ0n) is 24.7. The van der Waals surface area contributed by atoms with Crippen LogP contribution in [-0.4, -0.2) is 64.5 Å². The number of imidazole rings is 1. The van der Waals surface area contributed by atoms with Crippen LogP contribution in [0.5, 0.6) is 0 Å². The third-order valence-corrected chi connectivity index (χ3v) is 6.30. The van der Waals surface area contributed by atoms with Crippen LogP contribution >= 0.6 is 0 Å². The van der Waals surface area contributed by atoms with Crippen LogP contribution in [0, 0.1) is 11.6 Å². The second kappa shape index (κ2) is 14.5. The lowest BCUT2D eigenvalue weighted by Crippen LogP contribution is -2.52. The fourth-order valence-corrected chi connectivity index (χ4v) is 4.69. The van der Waals surface area contributed by atoms with Crippen molar-refractivity contribution in [2.75, 3.05) is 20.3 Å². The van der Waals surface area contributed by atoms with Crippen LogP contribution in [0.25, 0.3) is 0 Å². The van der Waals surface area contributed by atoms with Crippen molar-refractivity contribution in [3.63, 3.8) is 0 Å². The van der Waals surface area contributed by atoms with Gasteiger partial charge in [0.2, 0.25) is 5.82 Å². The molecule has 1 saturated heterocycles. The van der Waals surface area contributed by atoms with Gasteiger partial charge in [-0.05, 0) is 59.4 Å². The SMILES string of the molecule is CC.CCOC(=O)c1nc2c(n1C)CN(C1CO[C@H](c3cc(F)ccc3F)C(NC(=O)OC(C)(C)C)C1)C2.CN. The number of aromatic nitrogens is 2. The van der Waals surface area contributed by atoms with Crippen LogP contribution in [0.3, 0.4) is 0 Å². The van der Waals surface area contributed by atoms with Gasteiger partial charge in [0.15, 0.2) is 0 Å². The van der Waals surface area contributed by atoms with Gasteiger partial charge in [-0.2, -0.15) is 0 Å². The van der Waals surface area contributed by atoms with Gasteiger partial charge in [0.25, 0.3) is 0 Å². The highest BCUT2D eigenvalue weighted by atomic mass is 19.1. The number of amides is 1. The molecule has 3 heterocycles. The van der Waals surface area contributed by atoms with Crippen LogP contribution in [-0.2, 0) is 34.3 Å². The Morgan fingerprint density at radius 2 is 1.88 bits per heavy atom. The number of benzene rings is 1. The van der Waals surface area contributed by atoms with E-state index >= 15 is 0 Å². The molecule has 1 aromatic heterocycles. The molecule has 1 fully saturated rings. The third kappa shape index (κ3) is 7.98. The van der Waals surface area contributed by atoms with Gasteiger partial charge in [0.1, 0.15) is 23.3 Å². The van der Waals surface area contributed by atoms with E-state index in [0.29, 0.717) is 19.5 Å². The Kier molecular flexibility index (Phi) is 12.0. The number of hydrogen-bond donors (Lipinski definition) is 2. The van der Waals surface area contributed by atoms with Gasteiger partial charge in [-0.1, -0.05) is 13.8 Å². The maximum atomic E-state index is 14.6. The minimum Gasteiger partial charge on any atom is -0.460 e. The number of carbonyl (C=O) groups excluding carboxylic acids is 2. The second-order valence-corrected chi connectivity index (χ2v) is 10.1. The maximum Gasteiger partial charge on any atom is 0.407 e. The number of hydrogen-bond acceptors (Lipinski definition) is 8. The number of ether oxygens (including phenoxy) is 3. The smallest absolute Gasteiger partial charge is 0.407 e. The van der Waals surface area contributed by atoms with E-state index in [1.54, 1.807) is 39.3 Å². The van der Waals surface area contributed by atoms with Crippen molar-refractivity contribution in [2.45, 2.75) is 84.8 Å². The zero-order valence-corrected chi connectivity index (χ0v) is 24.7. The molecule has 1 aromatic carbocycles. The average molecular weight is 568 g/mol. The van der Waals surface area contributed by atoms with Crippen LogP contribution < -0.4 is 11.1 Å². The first-order valence-electron chi connectivity index (χ1n) is 13.6. The Labute approximate surface area is 235 Å². The Morgan fingerprint density at radius 1 is 1.20 bits per heavy atom. The first-order valence-corrected chi connectivity index (χ1v) is 13.6. The lowest BCUT2D eigenvalue weighted by Gasteiger charge is -2.40. The van der Waals surface area contributed by atoms with Gasteiger partial charge in [-0.25, -0.2) is 23.4 Å². The largest absolute Gasteiger partial charge is 0.460 e. The lowest BCUT2D eigenvalue weighted by atomic mass is 9.92. The van der Waals surface area contributed by atoms with Gasteiger partial charge in [-0.3, -0.25) is 4.90 Å². The molecule has 0 saturated carbocycles. The summed E-state index contributed by atoms with van der Waals surface area (Å²) in [5.41, 5.74) is 5.49. The van der Waals surface area contributed by atoms with Crippen LogP contribution in [0.2, 0.25) is 0 Å². The molecule has 0 aliphatic carbocycles. The zero-order chi connectivity index (χ0) is 30.2. The molecular formula is C28H43F2N5O5. The normalized spacial score (nSPS) is 20.3. The molecule has 0 bridgehead atoms. The Hall–Kier alpha value is -3.09. The molecule has 224 valence electrons. The van der Waals surface area contributed by atoms with Crippen LogP contribution in [0.15, 0.2) is 18.2 Å². The molecule has 40 heavy (non-hydrogen) atoms. The second-order valence-electron chi connectivity index (χ2n) is 10.1. The van der Waals surface area contributed by atoms with Crippen molar-refractivity contribution in [3.05, 3.63) is 52.6 Å². The molecule has 0 radical (unpaired) electrons. The number of alkyl carbamates (subject to hydrolysis) is 1. The summed E-state index contributed by atoms with van der Waals surface area (Å²) in [6.07, 6.45) is -1.13. The number of esters is 1. The van der Waals surface area contributed by atoms with Crippen molar-refractivity contribution >= 4 is 12.1 Å². The molecule has 4 rings (SSSR count). The highest BCUT2D eigenvalue weighted by molar-refractivity contribution is 5.85. The Balaban J connectivity index is 0.00000134. The van der Waals surface area contributed by atoms with Gasteiger partial charge < -0.3 is 29.8 Å². The minimum absolute atomic E-state index is 0.0416. The number of fused-ring (bicyclic) bond motifs is 1. The average Bonchev–Trinajstić information content (AvgIpc) is 3.46. The molecule has 2 aromatic rings. The molecule has 0 spiro atoms. The monoisotopic (exact) mass is 567 g/mol. The van der Waals surface area contributed by atoms with E-state index in [1.165, 1.54) is 7.05 Å². The maximum absolute atomic E-state index is 14.6. The van der Waals surface area contributed by atoms with Gasteiger partial charge in [0, 0.05) is 31.7 Å². The summed E-state index contributed by atoms with van der Waals surface area (Å²) >= 11 is 0. The predicted molar refractivity (Wildman–Crippen MR) is 146 cm³/mol. The van der Waals surface area contributed by atoms with Crippen molar-refractivity contribution in [2.24, 2.45) is 12.8 Å². The Morgan fingerprint density at radius 3 is 2.48 bits per heavy atom. The van der Waals surface area contributed by atoms with Crippen molar-refractivity contribution in [3.8, 4) is 0 Å². The molecule has 12 heteroatoms. The van der Waals surface area contributed by atoms with E-state index in [0.717, 1.165) is 29.6 Å². The number of nitrogens with one attached hydrogen (secondary N) is 1. The fourth-order valence-electron chi connectivity index (χ4n) is 4.69. The highest BCUT2D eigenvalue weighted by Gasteiger charge is 2.40. The minimum atomic E-state index is -0.886. The van der Waals surface area contributed by atoms with Crippen LogP contribution in [0.1, 0.15) is 81.6 Å². The topological polar surface area (TPSA) is 121 Å². The van der Waals surface area contributed by atoms with Crippen LogP contribution in [0.4, 0.5) is 13.6 Å². The molecule has 3 atom stereocenters. The summed E-state index contributed by atoms with van der Waals surface area (Å²) in [6, 6.07) is 2.38. The summed E-state index contributed by atoms with van der Waals surface area (Å²) in [7, 11) is 3.27. The number of nitrogens with two attached hydrogens (primary N) is 1. The van der Waals surface area contributed by atoms with E-state index in [2.05, 4.69) is 20.9 Å². The quantitative estimate of drug-likeness (QED) is 0.516. The van der Waals surface area contributed by atoms with Gasteiger partial charge in [0.05, 0.1) is 30.6 Å². The lowest BCUT2D eigenvalue weighted by molar-refractivity contribution is -0.0630. The molecule has 2 unspecified atom stereocenters. The highest BCUT2D eigenvalue weighted by Crippen LogP contribution is 2.35. The summed E-state index contributed by atoms with van der Waals surface area (Å²) in [5.74, 6) is -1.41. The third-order valence-electron chi connectivity index (χ3n) is 6.30. The number of nitrogens with zero attached hydrogens (tertiary/aromatic N) is 3. The Bertz CT molecular complexity index is 1150. The predicted octanol–water partition coefficient (Wildman–Crippen LogP) is 4.22. The van der Waals surface area contributed by atoms with E-state index in [-0.39, 0.29) is 30.6 Å². The summed E-state index contributed by atoms with van der Waals surface area (Å²) in [5, 5.41) is 2.80. The molecular weight excluding hydrogens is 524 g/mol. The van der Waals surface area contributed by atoms with Crippen molar-refractivity contribution in [1.82, 2.24) is 19.8 Å². The van der Waals surface area contributed by atoms with E-state index in [4.69, 9.17) is 14.2 Å². The van der Waals surface area contributed by atoms with Gasteiger partial charge >= 0.3 is 12.1 Å². The first kappa shape index (κ1) is 33.1. The summed E-state index contributed by atoms with van der Waals surface area (Å²) < 4.78 is 46.8. The molecule has 3 N–H and O–H groups in total. The fraction of sp³-hybridized carbons (Fsp3) is 0.607. The van der Waals surface area contributed by atoms with E-state index in [9.17, 15) is 18.4 Å². The standard InChI is InChI=1S/C25H32F2N4O5.C2H6.CH5N/c1-6-34-23(32)22-28-19-11-31(12-20(19)30(22)5)15-10-18(29-24(33)36-25(2,3)4)21(35-13-15)16-9-14(26)7-8-17(16)27;2*1-2/h7-9,15,18,21H,6,10-13H2,1-5H3,(H,29,33);1-2H3;2H2,1H3/t15?,18?,21-;;/m1../s1. The summed E-state index contributed by atoms with van der Waals surface area (Å²) in [4.78, 5) is 31.4. The molecule has 10 nitrogen and oxygen atoms in total.